The molecule has 0 bridgehead atoms. The summed E-state index contributed by atoms with van der Waals surface area (Å²) < 4.78 is 0. The van der Waals surface area contributed by atoms with Gasteiger partial charge in [-0.25, -0.2) is 15.2 Å². The lowest BCUT2D eigenvalue weighted by atomic mass is 10.0. The molecule has 54 heavy (non-hydrogen) atoms. The predicted molar refractivity (Wildman–Crippen MR) is 200 cm³/mol. The molecule has 2 heterocycles. The highest BCUT2D eigenvalue weighted by Gasteiger charge is 2.29. The smallest absolute Gasteiger partial charge is 0.334 e. The van der Waals surface area contributed by atoms with Crippen molar-refractivity contribution in [1.29, 1.82) is 0 Å². The van der Waals surface area contributed by atoms with Gasteiger partial charge in [0.05, 0.1) is 12.4 Å². The van der Waals surface area contributed by atoms with Gasteiger partial charge in [0.1, 0.15) is 24.2 Å². The number of H-pyrrole nitrogens is 2. The Labute approximate surface area is 311 Å². The van der Waals surface area contributed by atoms with Crippen molar-refractivity contribution in [1.82, 2.24) is 47.1 Å². The highest BCUT2D eigenvalue weighted by Crippen LogP contribution is 2.19. The Morgan fingerprint density at radius 3 is 2.13 bits per heavy atom. The van der Waals surface area contributed by atoms with Gasteiger partial charge in [-0.3, -0.25) is 29.4 Å². The monoisotopic (exact) mass is 744 g/mol. The number of carbonyl (C=O) groups excluding carboxylic acids is 6. The van der Waals surface area contributed by atoms with Gasteiger partial charge in [-0.15, -0.1) is 0 Å². The van der Waals surface area contributed by atoms with E-state index in [-0.39, 0.29) is 25.7 Å². The normalized spacial score (nSPS) is 13.8. The molecule has 4 rings (SSSR count). The molecule has 0 aliphatic carbocycles. The number of imidazole rings is 1. The van der Waals surface area contributed by atoms with Crippen LogP contribution in [-0.4, -0.2) is 87.3 Å². The minimum absolute atomic E-state index is 0.0506. The van der Waals surface area contributed by atoms with Crippen LogP contribution in [0.3, 0.4) is 0 Å². The number of rotatable bonds is 19. The number of aromatic nitrogens is 3. The summed E-state index contributed by atoms with van der Waals surface area (Å²) in [6.45, 7) is 1.80. The van der Waals surface area contributed by atoms with E-state index >= 15 is 0 Å². The maximum atomic E-state index is 13.4. The minimum Gasteiger partial charge on any atom is -0.368 e. The van der Waals surface area contributed by atoms with Crippen molar-refractivity contribution in [3.8, 4) is 0 Å². The van der Waals surface area contributed by atoms with Crippen molar-refractivity contribution >= 4 is 46.5 Å². The summed E-state index contributed by atoms with van der Waals surface area (Å²) in [7, 11) is 0. The SMILES string of the molecule is C[C@H](NC(=O)NNC(=O)C(Cc1c[nH]c2ccccc12)NC(=O)C(N)Cc1cnc[nH]1)C(=O)N[C@H](Cc1ccccc1)C(=O)N[C@@H](CCCCN)C(N)=O. The lowest BCUT2D eigenvalue weighted by Crippen LogP contribution is -2.59. The summed E-state index contributed by atoms with van der Waals surface area (Å²) in [5.41, 5.74) is 24.6. The van der Waals surface area contributed by atoms with Gasteiger partial charge in [-0.2, -0.15) is 0 Å². The van der Waals surface area contributed by atoms with Gasteiger partial charge in [0.2, 0.25) is 23.6 Å². The van der Waals surface area contributed by atoms with Gasteiger partial charge in [0.15, 0.2) is 0 Å². The van der Waals surface area contributed by atoms with Gasteiger partial charge >= 0.3 is 6.03 Å². The average Bonchev–Trinajstić information content (AvgIpc) is 3.83. The van der Waals surface area contributed by atoms with E-state index in [9.17, 15) is 28.8 Å². The van der Waals surface area contributed by atoms with Crippen LogP contribution in [0.2, 0.25) is 0 Å². The Morgan fingerprint density at radius 2 is 1.43 bits per heavy atom. The number of carbonyl (C=O) groups is 6. The molecule has 2 aromatic carbocycles. The summed E-state index contributed by atoms with van der Waals surface area (Å²) in [6, 6.07) is 9.94. The highest BCUT2D eigenvalue weighted by atomic mass is 16.2. The van der Waals surface area contributed by atoms with Crippen molar-refractivity contribution in [2.75, 3.05) is 6.54 Å². The number of nitrogens with zero attached hydrogens (tertiary/aromatic N) is 1. The molecule has 18 nitrogen and oxygen atoms in total. The Hall–Kier alpha value is -6.27. The van der Waals surface area contributed by atoms with E-state index in [0.29, 0.717) is 25.1 Å². The molecule has 0 spiro atoms. The number of nitrogens with one attached hydrogen (secondary N) is 8. The zero-order valence-electron chi connectivity index (χ0n) is 29.9. The zero-order valence-corrected chi connectivity index (χ0v) is 29.9. The molecule has 2 aromatic heterocycles. The molecule has 0 radical (unpaired) electrons. The number of hydrogen-bond donors (Lipinski definition) is 11. The van der Waals surface area contributed by atoms with Crippen LogP contribution in [0.15, 0.2) is 73.3 Å². The largest absolute Gasteiger partial charge is 0.368 e. The molecule has 0 fully saturated rings. The number of nitrogens with two attached hydrogens (primary N) is 3. The predicted octanol–water partition coefficient (Wildman–Crippen LogP) is -0.966. The number of hydrogen-bond acceptors (Lipinski definition) is 9. The molecule has 0 saturated heterocycles. The first-order valence-corrected chi connectivity index (χ1v) is 17.5. The van der Waals surface area contributed by atoms with Crippen LogP contribution < -0.4 is 49.3 Å². The standard InChI is InChI=1S/C36H48N12O6/c1-21(32(50)45-29(15-22-9-3-2-4-10-22)34(52)44-28(31(39)49)13-7-8-14-37)43-36(54)48-47-35(53)30(16-23-18-41-27-12-6-5-11-25(23)27)46-33(51)26(38)17-24-19-40-20-42-24/h2-6,9-12,18-21,26,28-30,41H,7-8,13-17,37-38H2,1H3,(H2,39,49)(H,40,42)(H,44,52)(H,45,50)(H,46,51)(H,47,53)(H2,43,48,54)/t21-,26?,28-,29+,30?/m0/s1. The summed E-state index contributed by atoms with van der Waals surface area (Å²) in [5.74, 6) is -3.45. The average molecular weight is 745 g/mol. The minimum atomic E-state index is -1.19. The Balaban J connectivity index is 1.37. The maximum Gasteiger partial charge on any atom is 0.334 e. The molecular weight excluding hydrogens is 696 g/mol. The third-order valence-corrected chi connectivity index (χ3v) is 8.63. The number of primary amides is 1. The first-order valence-electron chi connectivity index (χ1n) is 17.5. The van der Waals surface area contributed by atoms with E-state index in [4.69, 9.17) is 17.2 Å². The van der Waals surface area contributed by atoms with Gasteiger partial charge in [0.25, 0.3) is 5.91 Å². The number of aromatic amines is 2. The maximum absolute atomic E-state index is 13.4. The van der Waals surface area contributed by atoms with Crippen molar-refractivity contribution in [2.24, 2.45) is 17.2 Å². The van der Waals surface area contributed by atoms with E-state index in [1.807, 2.05) is 24.3 Å². The van der Waals surface area contributed by atoms with E-state index in [2.05, 4.69) is 47.1 Å². The Kier molecular flexibility index (Phi) is 15.1. The third-order valence-electron chi connectivity index (χ3n) is 8.63. The quantitative estimate of drug-likeness (QED) is 0.0415. The van der Waals surface area contributed by atoms with Crippen LogP contribution in [-0.2, 0) is 43.2 Å². The summed E-state index contributed by atoms with van der Waals surface area (Å²) in [6.07, 6.45) is 6.46. The summed E-state index contributed by atoms with van der Waals surface area (Å²) in [4.78, 5) is 88.0. The highest BCUT2D eigenvalue weighted by molar-refractivity contribution is 5.95. The van der Waals surface area contributed by atoms with Crippen LogP contribution in [0.1, 0.15) is 43.0 Å². The first-order chi connectivity index (χ1) is 25.9. The molecule has 7 amide bonds. The third kappa shape index (κ3) is 12.2. The molecule has 18 heteroatoms. The second kappa shape index (κ2) is 20.1. The molecule has 0 aliphatic heterocycles. The molecule has 5 atom stereocenters. The fraction of sp³-hybridized carbons (Fsp3) is 0.361. The Morgan fingerprint density at radius 1 is 0.741 bits per heavy atom. The number of hydrazine groups is 1. The second-order valence-corrected chi connectivity index (χ2v) is 12.8. The van der Waals surface area contributed by atoms with Crippen molar-refractivity contribution in [3.63, 3.8) is 0 Å². The van der Waals surface area contributed by atoms with E-state index < -0.39 is 65.8 Å². The second-order valence-electron chi connectivity index (χ2n) is 12.8. The molecular formula is C36H48N12O6. The fourth-order valence-electron chi connectivity index (χ4n) is 5.64. The number of unbranched alkanes of at least 4 members (excludes halogenated alkanes) is 1. The topological polar surface area (TPSA) is 297 Å². The van der Waals surface area contributed by atoms with E-state index in [1.54, 1.807) is 36.5 Å². The van der Waals surface area contributed by atoms with Crippen molar-refractivity contribution < 1.29 is 28.8 Å². The van der Waals surface area contributed by atoms with Crippen LogP contribution in [0.4, 0.5) is 4.79 Å². The van der Waals surface area contributed by atoms with E-state index in [0.717, 1.165) is 22.0 Å². The molecule has 0 saturated carbocycles. The van der Waals surface area contributed by atoms with E-state index in [1.165, 1.54) is 19.4 Å². The van der Waals surface area contributed by atoms with Crippen LogP contribution in [0.5, 0.6) is 0 Å². The number of fused-ring (bicyclic) bond motifs is 1. The molecule has 0 aliphatic rings. The molecule has 4 aromatic rings. The molecule has 14 N–H and O–H groups in total. The lowest BCUT2D eigenvalue weighted by Gasteiger charge is -2.24. The van der Waals surface area contributed by atoms with Crippen LogP contribution in [0, 0.1) is 0 Å². The lowest BCUT2D eigenvalue weighted by molar-refractivity contribution is -0.131. The summed E-state index contributed by atoms with van der Waals surface area (Å²) >= 11 is 0. The number of para-hydroxylation sites is 1. The number of benzene rings is 2. The first kappa shape index (κ1) is 40.5. The molecule has 2 unspecified atom stereocenters. The van der Waals surface area contributed by atoms with Gasteiger partial charge in [0, 0.05) is 48.3 Å². The van der Waals surface area contributed by atoms with Crippen LogP contribution >= 0.6 is 0 Å². The number of urea groups is 1. The fourth-order valence-corrected chi connectivity index (χ4v) is 5.64. The molecule has 288 valence electrons. The van der Waals surface area contributed by atoms with Gasteiger partial charge in [-0.05, 0) is 49.9 Å². The number of amides is 7. The zero-order chi connectivity index (χ0) is 39.0. The van der Waals surface area contributed by atoms with Gasteiger partial charge < -0.3 is 48.4 Å². The Bertz CT molecular complexity index is 1870. The summed E-state index contributed by atoms with van der Waals surface area (Å²) in [5, 5.41) is 11.2. The van der Waals surface area contributed by atoms with Gasteiger partial charge in [-0.1, -0.05) is 48.5 Å². The van der Waals surface area contributed by atoms with Crippen molar-refractivity contribution in [2.45, 2.75) is 75.7 Å². The van der Waals surface area contributed by atoms with Crippen molar-refractivity contribution in [3.05, 3.63) is 90.1 Å². The van der Waals surface area contributed by atoms with Crippen LogP contribution in [0.25, 0.3) is 10.9 Å².